The van der Waals surface area contributed by atoms with Gasteiger partial charge >= 0.3 is 0 Å². The third-order valence-corrected chi connectivity index (χ3v) is 2.79. The summed E-state index contributed by atoms with van der Waals surface area (Å²) in [6, 6.07) is 7.93. The van der Waals surface area contributed by atoms with Crippen LogP contribution in [0.15, 0.2) is 36.4 Å². The van der Waals surface area contributed by atoms with Gasteiger partial charge in [0.1, 0.15) is 0 Å². The lowest BCUT2D eigenvalue weighted by atomic mass is 10.0. The van der Waals surface area contributed by atoms with E-state index in [0.29, 0.717) is 22.7 Å². The van der Waals surface area contributed by atoms with E-state index in [4.69, 9.17) is 11.6 Å². The second-order valence-electron chi connectivity index (χ2n) is 3.98. The van der Waals surface area contributed by atoms with E-state index in [2.05, 4.69) is 0 Å². The van der Waals surface area contributed by atoms with Gasteiger partial charge in [-0.15, -0.1) is 0 Å². The van der Waals surface area contributed by atoms with Gasteiger partial charge in [0.25, 0.3) is 0 Å². The number of ketones is 1. The van der Waals surface area contributed by atoms with Crippen LogP contribution in [-0.4, -0.2) is 5.78 Å². The average Bonchev–Trinajstić information content (AvgIpc) is 2.35. The highest BCUT2D eigenvalue weighted by Gasteiger charge is 2.15. The summed E-state index contributed by atoms with van der Waals surface area (Å²) < 4.78 is 38.8. The van der Waals surface area contributed by atoms with Crippen molar-refractivity contribution in [1.82, 2.24) is 0 Å². The molecule has 0 aliphatic carbocycles. The number of carbonyl (C=O) groups excluding carboxylic acids is 1. The minimum absolute atomic E-state index is 0.0644. The van der Waals surface area contributed by atoms with Crippen LogP contribution in [-0.2, 0) is 6.42 Å². The van der Waals surface area contributed by atoms with E-state index in [1.165, 1.54) is 0 Å². The number of rotatable bonds is 3. The number of Topliss-reactive ketones (excluding diaryl/α,β-unsaturated/α-hetero) is 1. The maximum Gasteiger partial charge on any atom is 0.194 e. The van der Waals surface area contributed by atoms with Gasteiger partial charge in [0.05, 0.1) is 0 Å². The summed E-state index contributed by atoms with van der Waals surface area (Å²) in [7, 11) is 0. The van der Waals surface area contributed by atoms with Crippen molar-refractivity contribution in [1.29, 1.82) is 0 Å². The molecule has 0 N–H and O–H groups in total. The molecule has 2 rings (SSSR count). The zero-order chi connectivity index (χ0) is 14.0. The second-order valence-corrected chi connectivity index (χ2v) is 4.42. The molecule has 0 saturated heterocycles. The predicted octanol–water partition coefficient (Wildman–Crippen LogP) is 4.18. The third-order valence-electron chi connectivity index (χ3n) is 2.56. The Morgan fingerprint density at radius 1 is 1.05 bits per heavy atom. The summed E-state index contributed by atoms with van der Waals surface area (Å²) in [5.41, 5.74) is 0.402. The fourth-order valence-electron chi connectivity index (χ4n) is 1.65. The number of benzene rings is 2. The van der Waals surface area contributed by atoms with E-state index in [1.807, 2.05) is 0 Å². The van der Waals surface area contributed by atoms with Gasteiger partial charge in [-0.2, -0.15) is 0 Å². The van der Waals surface area contributed by atoms with Crippen molar-refractivity contribution < 1.29 is 18.0 Å². The Morgan fingerprint density at radius 2 is 1.68 bits per heavy atom. The maximum absolute atomic E-state index is 13.0. The van der Waals surface area contributed by atoms with Crippen molar-refractivity contribution in [2.75, 3.05) is 0 Å². The van der Waals surface area contributed by atoms with E-state index in [9.17, 15) is 18.0 Å². The molecule has 98 valence electrons. The van der Waals surface area contributed by atoms with Gasteiger partial charge in [-0.25, -0.2) is 13.2 Å². The van der Waals surface area contributed by atoms with E-state index < -0.39 is 23.2 Å². The van der Waals surface area contributed by atoms with Crippen LogP contribution in [0.25, 0.3) is 0 Å². The van der Waals surface area contributed by atoms with E-state index >= 15 is 0 Å². The highest BCUT2D eigenvalue weighted by Crippen LogP contribution is 2.17. The molecule has 0 amide bonds. The predicted molar refractivity (Wildman–Crippen MR) is 65.8 cm³/mol. The van der Waals surface area contributed by atoms with Gasteiger partial charge in [-0.1, -0.05) is 23.7 Å². The van der Waals surface area contributed by atoms with Gasteiger partial charge < -0.3 is 0 Å². The average molecular weight is 285 g/mol. The molecule has 0 heterocycles. The molecule has 2 aromatic rings. The smallest absolute Gasteiger partial charge is 0.194 e. The Hall–Kier alpha value is -1.81. The van der Waals surface area contributed by atoms with Crippen molar-refractivity contribution in [2.24, 2.45) is 0 Å². The summed E-state index contributed by atoms with van der Waals surface area (Å²) in [6.45, 7) is 0. The minimum atomic E-state index is -1.58. The van der Waals surface area contributed by atoms with Crippen molar-refractivity contribution in [2.45, 2.75) is 6.42 Å². The topological polar surface area (TPSA) is 17.1 Å². The molecule has 2 aromatic carbocycles. The number of carbonyl (C=O) groups is 1. The zero-order valence-electron chi connectivity index (χ0n) is 9.59. The first-order valence-corrected chi connectivity index (χ1v) is 5.77. The molecule has 0 unspecified atom stereocenters. The van der Waals surface area contributed by atoms with Crippen LogP contribution in [0, 0.1) is 17.5 Å². The van der Waals surface area contributed by atoms with Gasteiger partial charge in [-0.05, 0) is 29.8 Å². The molecular formula is C14H8ClF3O. The molecule has 5 heteroatoms. The number of hydrogen-bond acceptors (Lipinski definition) is 1. The lowest BCUT2D eigenvalue weighted by Crippen LogP contribution is -2.06. The summed E-state index contributed by atoms with van der Waals surface area (Å²) in [5, 5.41) is 0.460. The molecule has 0 aliphatic rings. The second kappa shape index (κ2) is 5.45. The standard InChI is InChI=1S/C14H8ClF3O/c15-10-3-1-2-8(4-10)5-13(19)9-6-11(16)14(18)12(17)7-9/h1-4,6-7H,5H2. The maximum atomic E-state index is 13.0. The Labute approximate surface area is 112 Å². The molecule has 0 aromatic heterocycles. The molecule has 0 fully saturated rings. The van der Waals surface area contributed by atoms with Crippen LogP contribution in [0.3, 0.4) is 0 Å². The van der Waals surface area contributed by atoms with E-state index in [0.717, 1.165) is 0 Å². The van der Waals surface area contributed by atoms with Gasteiger partial charge in [0, 0.05) is 17.0 Å². The Balaban J connectivity index is 2.25. The lowest BCUT2D eigenvalue weighted by molar-refractivity contribution is 0.0992. The molecule has 0 radical (unpaired) electrons. The Kier molecular flexibility index (Phi) is 3.90. The van der Waals surface area contributed by atoms with Gasteiger partial charge in [-0.3, -0.25) is 4.79 Å². The monoisotopic (exact) mass is 284 g/mol. The lowest BCUT2D eigenvalue weighted by Gasteiger charge is -2.04. The van der Waals surface area contributed by atoms with Crippen molar-refractivity contribution in [3.8, 4) is 0 Å². The first-order chi connectivity index (χ1) is 8.97. The molecular weight excluding hydrogens is 277 g/mol. The van der Waals surface area contributed by atoms with Crippen LogP contribution in [0.2, 0.25) is 5.02 Å². The molecule has 0 bridgehead atoms. The Bertz CT molecular complexity index is 617. The van der Waals surface area contributed by atoms with Gasteiger partial charge in [0.2, 0.25) is 0 Å². The number of hydrogen-bond donors (Lipinski definition) is 0. The molecule has 19 heavy (non-hydrogen) atoms. The first-order valence-electron chi connectivity index (χ1n) is 5.39. The minimum Gasteiger partial charge on any atom is -0.294 e. The van der Waals surface area contributed by atoms with Crippen molar-refractivity contribution in [3.63, 3.8) is 0 Å². The molecule has 0 spiro atoms. The van der Waals surface area contributed by atoms with Crippen LogP contribution < -0.4 is 0 Å². The van der Waals surface area contributed by atoms with Crippen LogP contribution >= 0.6 is 11.6 Å². The quantitative estimate of drug-likeness (QED) is 0.610. The van der Waals surface area contributed by atoms with Gasteiger partial charge in [0.15, 0.2) is 23.2 Å². The van der Waals surface area contributed by atoms with E-state index in [1.54, 1.807) is 24.3 Å². The van der Waals surface area contributed by atoms with Crippen LogP contribution in [0.5, 0.6) is 0 Å². The molecule has 0 saturated carbocycles. The fourth-order valence-corrected chi connectivity index (χ4v) is 1.86. The zero-order valence-corrected chi connectivity index (χ0v) is 10.3. The fraction of sp³-hybridized carbons (Fsp3) is 0.0714. The molecule has 1 nitrogen and oxygen atoms in total. The normalized spacial score (nSPS) is 10.5. The molecule has 0 aliphatic heterocycles. The third kappa shape index (κ3) is 3.15. The van der Waals surface area contributed by atoms with E-state index in [-0.39, 0.29) is 12.0 Å². The SMILES string of the molecule is O=C(Cc1cccc(Cl)c1)c1cc(F)c(F)c(F)c1. The van der Waals surface area contributed by atoms with Crippen molar-refractivity contribution >= 4 is 17.4 Å². The summed E-state index contributed by atoms with van der Waals surface area (Å²) in [5.74, 6) is -4.86. The summed E-state index contributed by atoms with van der Waals surface area (Å²) in [6.07, 6.45) is -0.0644. The number of halogens is 4. The Morgan fingerprint density at radius 3 is 2.26 bits per heavy atom. The van der Waals surface area contributed by atoms with Crippen LogP contribution in [0.1, 0.15) is 15.9 Å². The largest absolute Gasteiger partial charge is 0.294 e. The summed E-state index contributed by atoms with van der Waals surface area (Å²) >= 11 is 5.76. The highest BCUT2D eigenvalue weighted by atomic mass is 35.5. The highest BCUT2D eigenvalue weighted by molar-refractivity contribution is 6.30. The summed E-state index contributed by atoms with van der Waals surface area (Å²) in [4.78, 5) is 11.8. The van der Waals surface area contributed by atoms with Crippen LogP contribution in [0.4, 0.5) is 13.2 Å². The van der Waals surface area contributed by atoms with Crippen molar-refractivity contribution in [3.05, 3.63) is 70.0 Å². The first kappa shape index (κ1) is 13.6. The molecule has 0 atom stereocenters.